The van der Waals surface area contributed by atoms with E-state index in [1.54, 1.807) is 0 Å². The van der Waals surface area contributed by atoms with Crippen LogP contribution in [0.4, 0.5) is 0 Å². The lowest BCUT2D eigenvalue weighted by Crippen LogP contribution is -2.34. The van der Waals surface area contributed by atoms with Gasteiger partial charge in [-0.05, 0) is 44.1 Å². The lowest BCUT2D eigenvalue weighted by Gasteiger charge is -2.29. The van der Waals surface area contributed by atoms with Crippen molar-refractivity contribution in [3.05, 3.63) is 0 Å². The molecule has 0 aliphatic heterocycles. The summed E-state index contributed by atoms with van der Waals surface area (Å²) in [5, 5.41) is 3.82. The number of nitrogens with one attached hydrogen (secondary N) is 1. The van der Waals surface area contributed by atoms with Crippen LogP contribution in [0.1, 0.15) is 78.6 Å². The van der Waals surface area contributed by atoms with Crippen LogP contribution in [0.5, 0.6) is 0 Å². The number of hydrogen-bond donors (Lipinski definition) is 1. The Balaban J connectivity index is 2.16. The van der Waals surface area contributed by atoms with Crippen molar-refractivity contribution >= 4 is 0 Å². The van der Waals surface area contributed by atoms with Crippen LogP contribution in [0.15, 0.2) is 0 Å². The van der Waals surface area contributed by atoms with Crippen LogP contribution >= 0.6 is 0 Å². The Kier molecular flexibility index (Phi) is 7.92. The molecule has 0 spiro atoms. The first-order valence-corrected chi connectivity index (χ1v) is 8.03. The van der Waals surface area contributed by atoms with E-state index in [0.717, 1.165) is 17.9 Å². The summed E-state index contributed by atoms with van der Waals surface area (Å²) in [4.78, 5) is 0. The lowest BCUT2D eigenvalue weighted by atomic mass is 9.81. The first-order valence-electron chi connectivity index (χ1n) is 8.03. The fourth-order valence-electron chi connectivity index (χ4n) is 3.22. The topological polar surface area (TPSA) is 12.0 Å². The molecule has 0 atom stereocenters. The minimum atomic E-state index is 0.786. The van der Waals surface area contributed by atoms with Gasteiger partial charge < -0.3 is 5.32 Å². The van der Waals surface area contributed by atoms with Crippen molar-refractivity contribution in [1.29, 1.82) is 0 Å². The molecule has 0 aromatic carbocycles. The summed E-state index contributed by atoms with van der Waals surface area (Å²) in [5.74, 6) is 2.00. The Morgan fingerprint density at radius 3 is 1.88 bits per heavy atom. The SMILES string of the molecule is CCCC(CCC)NCC1CCC(CC)CC1. The van der Waals surface area contributed by atoms with E-state index in [-0.39, 0.29) is 0 Å². The van der Waals surface area contributed by atoms with E-state index in [2.05, 4.69) is 26.1 Å². The Morgan fingerprint density at radius 1 is 0.882 bits per heavy atom. The maximum Gasteiger partial charge on any atom is 0.00669 e. The van der Waals surface area contributed by atoms with E-state index in [1.165, 1.54) is 64.3 Å². The van der Waals surface area contributed by atoms with Gasteiger partial charge in [-0.3, -0.25) is 0 Å². The molecule has 1 heteroatoms. The molecular formula is C16H33N. The highest BCUT2D eigenvalue weighted by Crippen LogP contribution is 2.30. The van der Waals surface area contributed by atoms with Gasteiger partial charge in [-0.1, -0.05) is 52.9 Å². The molecule has 17 heavy (non-hydrogen) atoms. The molecule has 1 fully saturated rings. The zero-order chi connectivity index (χ0) is 12.5. The molecule has 0 aromatic heterocycles. The van der Waals surface area contributed by atoms with E-state index in [9.17, 15) is 0 Å². The van der Waals surface area contributed by atoms with Crippen molar-refractivity contribution in [1.82, 2.24) is 5.32 Å². The molecule has 1 saturated carbocycles. The van der Waals surface area contributed by atoms with Crippen LogP contribution in [-0.2, 0) is 0 Å². The second kappa shape index (κ2) is 8.97. The van der Waals surface area contributed by atoms with Crippen LogP contribution < -0.4 is 5.32 Å². The standard InChI is InChI=1S/C16H33N/c1-4-7-16(8-5-2)17-13-15-11-9-14(6-3)10-12-15/h14-17H,4-13H2,1-3H3. The molecule has 1 nitrogen and oxygen atoms in total. The van der Waals surface area contributed by atoms with Gasteiger partial charge in [-0.25, -0.2) is 0 Å². The maximum atomic E-state index is 3.82. The molecule has 1 rings (SSSR count). The van der Waals surface area contributed by atoms with Crippen LogP contribution in [0.2, 0.25) is 0 Å². The molecule has 1 aliphatic carbocycles. The first-order chi connectivity index (χ1) is 8.30. The van der Waals surface area contributed by atoms with Gasteiger partial charge in [0.2, 0.25) is 0 Å². The van der Waals surface area contributed by atoms with E-state index in [1.807, 2.05) is 0 Å². The molecule has 0 saturated heterocycles. The van der Waals surface area contributed by atoms with Crippen molar-refractivity contribution < 1.29 is 0 Å². The Hall–Kier alpha value is -0.0400. The summed E-state index contributed by atoms with van der Waals surface area (Å²) in [6.45, 7) is 8.23. The molecule has 0 unspecified atom stereocenters. The Morgan fingerprint density at radius 2 is 1.41 bits per heavy atom. The van der Waals surface area contributed by atoms with Gasteiger partial charge in [-0.2, -0.15) is 0 Å². The van der Waals surface area contributed by atoms with Gasteiger partial charge in [0, 0.05) is 6.04 Å². The molecular weight excluding hydrogens is 206 g/mol. The van der Waals surface area contributed by atoms with Gasteiger partial charge in [0.05, 0.1) is 0 Å². The largest absolute Gasteiger partial charge is 0.314 e. The smallest absolute Gasteiger partial charge is 0.00669 e. The van der Waals surface area contributed by atoms with Crippen LogP contribution in [0.3, 0.4) is 0 Å². The second-order valence-corrected chi connectivity index (χ2v) is 5.98. The lowest BCUT2D eigenvalue weighted by molar-refractivity contribution is 0.253. The fourth-order valence-corrected chi connectivity index (χ4v) is 3.22. The highest BCUT2D eigenvalue weighted by atomic mass is 14.9. The number of rotatable bonds is 8. The summed E-state index contributed by atoms with van der Waals surface area (Å²) < 4.78 is 0. The van der Waals surface area contributed by atoms with E-state index in [4.69, 9.17) is 0 Å². The zero-order valence-corrected chi connectivity index (χ0v) is 12.3. The molecule has 0 heterocycles. The van der Waals surface area contributed by atoms with E-state index in [0.29, 0.717) is 0 Å². The highest BCUT2D eigenvalue weighted by Gasteiger charge is 2.20. The van der Waals surface area contributed by atoms with E-state index >= 15 is 0 Å². The average Bonchev–Trinajstić information content (AvgIpc) is 2.37. The summed E-state index contributed by atoms with van der Waals surface area (Å²) in [6, 6.07) is 0.786. The highest BCUT2D eigenvalue weighted by molar-refractivity contribution is 4.75. The average molecular weight is 239 g/mol. The predicted molar refractivity (Wildman–Crippen MR) is 77.3 cm³/mol. The van der Waals surface area contributed by atoms with Crippen LogP contribution in [0, 0.1) is 11.8 Å². The van der Waals surface area contributed by atoms with Crippen LogP contribution in [0.25, 0.3) is 0 Å². The van der Waals surface area contributed by atoms with Crippen molar-refractivity contribution in [2.45, 2.75) is 84.6 Å². The van der Waals surface area contributed by atoms with E-state index < -0.39 is 0 Å². The summed E-state index contributed by atoms with van der Waals surface area (Å²) in [5.41, 5.74) is 0. The molecule has 0 bridgehead atoms. The maximum absolute atomic E-state index is 3.82. The monoisotopic (exact) mass is 239 g/mol. The molecule has 1 N–H and O–H groups in total. The quantitative estimate of drug-likeness (QED) is 0.644. The normalized spacial score (nSPS) is 25.4. The van der Waals surface area contributed by atoms with Gasteiger partial charge in [0.25, 0.3) is 0 Å². The van der Waals surface area contributed by atoms with Crippen molar-refractivity contribution in [3.8, 4) is 0 Å². The number of hydrogen-bond acceptors (Lipinski definition) is 1. The van der Waals surface area contributed by atoms with Crippen molar-refractivity contribution in [3.63, 3.8) is 0 Å². The molecule has 0 aromatic rings. The third-order valence-corrected chi connectivity index (χ3v) is 4.51. The predicted octanol–water partition coefficient (Wildman–Crippen LogP) is 4.76. The Labute approximate surface area is 109 Å². The fraction of sp³-hybridized carbons (Fsp3) is 1.00. The summed E-state index contributed by atoms with van der Waals surface area (Å²) >= 11 is 0. The van der Waals surface area contributed by atoms with Crippen molar-refractivity contribution in [2.75, 3.05) is 6.54 Å². The molecule has 0 amide bonds. The van der Waals surface area contributed by atoms with Gasteiger partial charge in [0.1, 0.15) is 0 Å². The van der Waals surface area contributed by atoms with Gasteiger partial charge in [0.15, 0.2) is 0 Å². The minimum Gasteiger partial charge on any atom is -0.314 e. The third-order valence-electron chi connectivity index (χ3n) is 4.51. The minimum absolute atomic E-state index is 0.786. The summed E-state index contributed by atoms with van der Waals surface area (Å²) in [6.07, 6.45) is 12.7. The third kappa shape index (κ3) is 5.90. The summed E-state index contributed by atoms with van der Waals surface area (Å²) in [7, 11) is 0. The van der Waals surface area contributed by atoms with Gasteiger partial charge in [-0.15, -0.1) is 0 Å². The zero-order valence-electron chi connectivity index (χ0n) is 12.3. The molecule has 102 valence electrons. The molecule has 0 radical (unpaired) electrons. The Bertz CT molecular complexity index is 164. The van der Waals surface area contributed by atoms with Crippen molar-refractivity contribution in [2.24, 2.45) is 11.8 Å². The van der Waals surface area contributed by atoms with Gasteiger partial charge >= 0.3 is 0 Å². The second-order valence-electron chi connectivity index (χ2n) is 5.98. The first kappa shape index (κ1) is 15.0. The van der Waals surface area contributed by atoms with Crippen LogP contribution in [-0.4, -0.2) is 12.6 Å². The molecule has 1 aliphatic rings.